The SMILES string of the molecule is CC(=O)OC[C@H]1O[C@@H](O[C@H]2[C@@H]3O[C@H](c4ccccc4)OC[C@H]3OC(O)[C@@H]2N2C(=O)C(C)=C(C)C2=O)[C@H](OC(C)=O)[C@@H](OC(C)=O)[C@H]1OC(C)=O. The zero-order valence-electron chi connectivity index (χ0n) is 28.2. The third-order valence-corrected chi connectivity index (χ3v) is 8.58. The number of benzene rings is 1. The van der Waals surface area contributed by atoms with Gasteiger partial charge in [0.15, 0.2) is 37.2 Å². The number of hydrogen-bond acceptors (Lipinski definition) is 16. The lowest BCUT2D eigenvalue weighted by molar-refractivity contribution is -0.379. The number of imide groups is 1. The van der Waals surface area contributed by atoms with Crippen LogP contribution in [0.3, 0.4) is 0 Å². The van der Waals surface area contributed by atoms with E-state index in [2.05, 4.69) is 0 Å². The minimum atomic E-state index is -1.83. The molecule has 0 aliphatic carbocycles. The Morgan fingerprint density at radius 1 is 0.780 bits per heavy atom. The van der Waals surface area contributed by atoms with E-state index in [1.165, 1.54) is 13.8 Å². The molecule has 50 heavy (non-hydrogen) atoms. The summed E-state index contributed by atoms with van der Waals surface area (Å²) >= 11 is 0. The Kier molecular flexibility index (Phi) is 11.3. The summed E-state index contributed by atoms with van der Waals surface area (Å²) in [5.41, 5.74) is 0.872. The average molecular weight is 706 g/mol. The van der Waals surface area contributed by atoms with Gasteiger partial charge in [-0.15, -0.1) is 0 Å². The van der Waals surface area contributed by atoms with E-state index in [1.807, 2.05) is 0 Å². The van der Waals surface area contributed by atoms with E-state index in [4.69, 9.17) is 42.6 Å². The molecule has 1 aromatic carbocycles. The van der Waals surface area contributed by atoms with Crippen molar-refractivity contribution >= 4 is 35.7 Å². The van der Waals surface area contributed by atoms with Crippen LogP contribution in [0.1, 0.15) is 53.4 Å². The van der Waals surface area contributed by atoms with Gasteiger partial charge in [-0.2, -0.15) is 0 Å². The Morgan fingerprint density at radius 3 is 1.94 bits per heavy atom. The molecule has 17 nitrogen and oxygen atoms in total. The fourth-order valence-electron chi connectivity index (χ4n) is 6.28. The van der Waals surface area contributed by atoms with E-state index in [0.717, 1.165) is 32.6 Å². The molecule has 2 amide bonds. The van der Waals surface area contributed by atoms with Crippen LogP contribution >= 0.6 is 0 Å². The number of fused-ring (bicyclic) bond motifs is 1. The Labute approximate surface area is 286 Å². The highest BCUT2D eigenvalue weighted by atomic mass is 16.8. The Bertz CT molecular complexity index is 1500. The maximum atomic E-state index is 13.5. The molecule has 0 saturated carbocycles. The maximum Gasteiger partial charge on any atom is 0.303 e. The average Bonchev–Trinajstić information content (AvgIpc) is 3.24. The molecule has 272 valence electrons. The topological polar surface area (TPSA) is 209 Å². The molecule has 4 aliphatic rings. The second-order valence-electron chi connectivity index (χ2n) is 12.1. The van der Waals surface area contributed by atoms with E-state index in [1.54, 1.807) is 30.3 Å². The second kappa shape index (κ2) is 15.3. The van der Waals surface area contributed by atoms with Gasteiger partial charge in [0.25, 0.3) is 11.8 Å². The normalized spacial score (nSPS) is 34.1. The zero-order chi connectivity index (χ0) is 36.4. The molecule has 3 saturated heterocycles. The molecule has 4 aliphatic heterocycles. The van der Waals surface area contributed by atoms with Crippen molar-refractivity contribution in [2.75, 3.05) is 13.2 Å². The summed E-state index contributed by atoms with van der Waals surface area (Å²) in [6.07, 6.45) is -14.3. The van der Waals surface area contributed by atoms with Crippen LogP contribution in [-0.4, -0.2) is 120 Å². The van der Waals surface area contributed by atoms with Gasteiger partial charge in [0.05, 0.1) is 6.61 Å². The fraction of sp³-hybridized carbons (Fsp3) is 0.576. The molecule has 17 heteroatoms. The molecule has 1 unspecified atom stereocenters. The minimum absolute atomic E-state index is 0.120. The van der Waals surface area contributed by atoms with Crippen molar-refractivity contribution in [3.05, 3.63) is 47.0 Å². The molecule has 1 aromatic rings. The van der Waals surface area contributed by atoms with E-state index < -0.39 is 110 Å². The number of amides is 2. The third-order valence-electron chi connectivity index (χ3n) is 8.58. The summed E-state index contributed by atoms with van der Waals surface area (Å²) in [5, 5.41) is 11.4. The highest BCUT2D eigenvalue weighted by Crippen LogP contribution is 2.40. The molecule has 0 spiro atoms. The number of aliphatic hydroxyl groups is 1. The van der Waals surface area contributed by atoms with E-state index in [0.29, 0.717) is 5.56 Å². The van der Waals surface area contributed by atoms with Crippen LogP contribution in [0.15, 0.2) is 41.5 Å². The molecule has 1 N–H and O–H groups in total. The molecule has 5 rings (SSSR count). The molecular formula is C33H39NO16. The highest BCUT2D eigenvalue weighted by Gasteiger charge is 2.59. The molecule has 0 aromatic heterocycles. The molecule has 0 bridgehead atoms. The van der Waals surface area contributed by atoms with E-state index in [9.17, 15) is 33.9 Å². The Balaban J connectivity index is 1.59. The molecular weight excluding hydrogens is 666 g/mol. The van der Waals surface area contributed by atoms with E-state index in [-0.39, 0.29) is 17.8 Å². The number of hydrogen-bond donors (Lipinski definition) is 1. The Morgan fingerprint density at radius 2 is 1.36 bits per heavy atom. The van der Waals surface area contributed by atoms with Crippen LogP contribution in [0, 0.1) is 0 Å². The number of carbonyl (C=O) groups is 6. The van der Waals surface area contributed by atoms with Crippen LogP contribution in [-0.2, 0) is 71.4 Å². The minimum Gasteiger partial charge on any atom is -0.463 e. The smallest absolute Gasteiger partial charge is 0.303 e. The predicted molar refractivity (Wildman–Crippen MR) is 162 cm³/mol. The quantitative estimate of drug-likeness (QED) is 0.209. The van der Waals surface area contributed by atoms with Gasteiger partial charge in [0.1, 0.15) is 37.1 Å². The van der Waals surface area contributed by atoms with Crippen molar-refractivity contribution in [3.8, 4) is 0 Å². The standard InChI is InChI=1S/C33H39NO16/c1-14-15(2)30(40)34(29(14)39)23-26(24-21(47-31(23)41)13-43-32(49-24)20-10-8-7-9-11-20)50-33-28(46-19(6)38)27(45-18(5)37)25(44-17(4)36)22(48-33)12-42-16(3)35/h7-11,21-28,31-33,41H,12-13H2,1-6H3/t21-,22-,23-,24-,25+,26-,27+,28-,31?,32-,33+/m1/s1. The maximum absolute atomic E-state index is 13.5. The van der Waals surface area contributed by atoms with Crippen molar-refractivity contribution in [2.24, 2.45) is 0 Å². The number of ether oxygens (including phenoxy) is 9. The summed E-state index contributed by atoms with van der Waals surface area (Å²) in [6, 6.07) is 7.26. The van der Waals surface area contributed by atoms with Crippen LogP contribution in [0.2, 0.25) is 0 Å². The zero-order valence-corrected chi connectivity index (χ0v) is 28.2. The van der Waals surface area contributed by atoms with Crippen molar-refractivity contribution in [1.82, 2.24) is 4.90 Å². The number of esters is 4. The molecule has 3 fully saturated rings. The summed E-state index contributed by atoms with van der Waals surface area (Å²) in [6.45, 7) is 6.61. The van der Waals surface area contributed by atoms with Gasteiger partial charge < -0.3 is 47.7 Å². The first-order valence-corrected chi connectivity index (χ1v) is 15.8. The lowest BCUT2D eigenvalue weighted by atomic mass is 9.93. The third kappa shape index (κ3) is 7.72. The summed E-state index contributed by atoms with van der Waals surface area (Å²) < 4.78 is 52.4. The van der Waals surface area contributed by atoms with Crippen LogP contribution in [0.25, 0.3) is 0 Å². The van der Waals surface area contributed by atoms with Crippen LogP contribution in [0.5, 0.6) is 0 Å². The number of rotatable bonds is 9. The van der Waals surface area contributed by atoms with Gasteiger partial charge in [-0.3, -0.25) is 33.7 Å². The van der Waals surface area contributed by atoms with Gasteiger partial charge in [0, 0.05) is 44.4 Å². The lowest BCUT2D eigenvalue weighted by Gasteiger charge is -2.52. The number of carbonyl (C=O) groups excluding carboxylic acids is 6. The summed E-state index contributed by atoms with van der Waals surface area (Å²) in [5.74, 6) is -4.73. The van der Waals surface area contributed by atoms with Crippen molar-refractivity contribution < 1.29 is 76.5 Å². The highest BCUT2D eigenvalue weighted by molar-refractivity contribution is 6.19. The second-order valence-corrected chi connectivity index (χ2v) is 12.1. The lowest BCUT2D eigenvalue weighted by Crippen LogP contribution is -2.70. The van der Waals surface area contributed by atoms with Gasteiger partial charge in [-0.25, -0.2) is 0 Å². The van der Waals surface area contributed by atoms with Gasteiger partial charge in [-0.05, 0) is 13.8 Å². The Hall–Kier alpha value is -4.26. The van der Waals surface area contributed by atoms with Crippen LogP contribution in [0.4, 0.5) is 0 Å². The van der Waals surface area contributed by atoms with Crippen molar-refractivity contribution in [3.63, 3.8) is 0 Å². The number of nitrogens with zero attached hydrogens (tertiary/aromatic N) is 1. The number of aliphatic hydroxyl groups excluding tert-OH is 1. The monoisotopic (exact) mass is 705 g/mol. The molecule has 11 atom stereocenters. The van der Waals surface area contributed by atoms with Crippen molar-refractivity contribution in [2.45, 2.75) is 109 Å². The molecule has 0 radical (unpaired) electrons. The fourth-order valence-corrected chi connectivity index (χ4v) is 6.28. The van der Waals surface area contributed by atoms with Gasteiger partial charge >= 0.3 is 23.9 Å². The van der Waals surface area contributed by atoms with Crippen LogP contribution < -0.4 is 0 Å². The predicted octanol–water partition coefficient (Wildman–Crippen LogP) is 0.360. The summed E-state index contributed by atoms with van der Waals surface area (Å²) in [7, 11) is 0. The van der Waals surface area contributed by atoms with Crippen molar-refractivity contribution in [1.29, 1.82) is 0 Å². The first-order chi connectivity index (χ1) is 23.7. The first kappa shape index (κ1) is 37.0. The molecule has 4 heterocycles. The summed E-state index contributed by atoms with van der Waals surface area (Å²) in [4.78, 5) is 76.6. The van der Waals surface area contributed by atoms with E-state index >= 15 is 0 Å². The van der Waals surface area contributed by atoms with Gasteiger partial charge in [0.2, 0.25) is 0 Å². The van der Waals surface area contributed by atoms with Gasteiger partial charge in [-0.1, -0.05) is 30.3 Å². The first-order valence-electron chi connectivity index (χ1n) is 15.8. The largest absolute Gasteiger partial charge is 0.463 e.